The van der Waals surface area contributed by atoms with Gasteiger partial charge >= 0.3 is 0 Å². The number of carbonyl (C=O) groups excluding carboxylic acids is 2. The van der Waals surface area contributed by atoms with Gasteiger partial charge in [0, 0.05) is 24.1 Å². The molecule has 0 spiro atoms. The maximum Gasteiger partial charge on any atom is 0.245 e. The van der Waals surface area contributed by atoms with E-state index in [0.29, 0.717) is 30.9 Å². The minimum atomic E-state index is -0.820. The van der Waals surface area contributed by atoms with E-state index in [1.807, 2.05) is 19.1 Å². The molecule has 27 heavy (non-hydrogen) atoms. The topological polar surface area (TPSA) is 67.9 Å². The Labute approximate surface area is 161 Å². The van der Waals surface area contributed by atoms with E-state index in [4.69, 9.17) is 9.47 Å². The third-order valence-corrected chi connectivity index (χ3v) is 5.97. The predicted molar refractivity (Wildman–Crippen MR) is 103 cm³/mol. The number of benzene rings is 1. The van der Waals surface area contributed by atoms with Crippen molar-refractivity contribution in [3.8, 4) is 11.5 Å². The number of ether oxygens (including phenoxy) is 2. The number of methoxy groups -OCH3 is 2. The summed E-state index contributed by atoms with van der Waals surface area (Å²) in [6.45, 7) is 2.23. The van der Waals surface area contributed by atoms with Crippen LogP contribution in [0, 0.1) is 0 Å². The number of rotatable bonds is 6. The fourth-order valence-corrected chi connectivity index (χ4v) is 4.13. The van der Waals surface area contributed by atoms with Crippen molar-refractivity contribution < 1.29 is 19.1 Å². The smallest absolute Gasteiger partial charge is 0.245 e. The van der Waals surface area contributed by atoms with E-state index in [2.05, 4.69) is 5.32 Å². The van der Waals surface area contributed by atoms with Crippen LogP contribution in [0.4, 0.5) is 0 Å². The molecular formula is C21H30N2O4. The molecule has 1 aliphatic carbocycles. The molecule has 0 bridgehead atoms. The van der Waals surface area contributed by atoms with Crippen molar-refractivity contribution in [3.05, 3.63) is 23.8 Å². The summed E-state index contributed by atoms with van der Waals surface area (Å²) in [5.74, 6) is 1.33. The normalized spacial score (nSPS) is 23.4. The molecular weight excluding hydrogens is 344 g/mol. The number of amides is 2. The fourth-order valence-electron chi connectivity index (χ4n) is 4.13. The molecule has 2 amide bonds. The Kier molecular flexibility index (Phi) is 5.92. The van der Waals surface area contributed by atoms with Gasteiger partial charge in [-0.1, -0.05) is 19.3 Å². The second-order valence-corrected chi connectivity index (χ2v) is 7.74. The third kappa shape index (κ3) is 4.04. The van der Waals surface area contributed by atoms with Gasteiger partial charge in [-0.25, -0.2) is 0 Å². The van der Waals surface area contributed by atoms with Crippen LogP contribution >= 0.6 is 0 Å². The Morgan fingerprint density at radius 3 is 2.63 bits per heavy atom. The largest absolute Gasteiger partial charge is 0.497 e. The first kappa shape index (κ1) is 19.5. The number of hydrogen-bond acceptors (Lipinski definition) is 4. The van der Waals surface area contributed by atoms with Crippen LogP contribution in [0.3, 0.4) is 0 Å². The van der Waals surface area contributed by atoms with E-state index in [-0.39, 0.29) is 17.9 Å². The zero-order chi connectivity index (χ0) is 19.4. The van der Waals surface area contributed by atoms with Crippen LogP contribution in [0.25, 0.3) is 0 Å². The van der Waals surface area contributed by atoms with E-state index in [1.54, 1.807) is 25.2 Å². The van der Waals surface area contributed by atoms with Crippen molar-refractivity contribution in [3.63, 3.8) is 0 Å². The Hall–Kier alpha value is -2.24. The number of carbonyl (C=O) groups is 2. The van der Waals surface area contributed by atoms with Crippen molar-refractivity contribution in [2.24, 2.45) is 0 Å². The van der Waals surface area contributed by atoms with Gasteiger partial charge in [0.2, 0.25) is 11.8 Å². The summed E-state index contributed by atoms with van der Waals surface area (Å²) in [5, 5.41) is 3.20. The molecule has 1 aromatic carbocycles. The summed E-state index contributed by atoms with van der Waals surface area (Å²) in [6.07, 6.45) is 6.56. The molecule has 2 fully saturated rings. The highest BCUT2D eigenvalue weighted by Gasteiger charge is 2.47. The Morgan fingerprint density at radius 2 is 1.96 bits per heavy atom. The highest BCUT2D eigenvalue weighted by Crippen LogP contribution is 2.35. The van der Waals surface area contributed by atoms with Gasteiger partial charge in [0.05, 0.1) is 20.8 Å². The lowest BCUT2D eigenvalue weighted by atomic mass is 9.92. The van der Waals surface area contributed by atoms with Crippen molar-refractivity contribution >= 4 is 11.8 Å². The van der Waals surface area contributed by atoms with Crippen LogP contribution in [-0.2, 0) is 16.1 Å². The summed E-state index contributed by atoms with van der Waals surface area (Å²) in [6, 6.07) is 5.77. The van der Waals surface area contributed by atoms with E-state index in [0.717, 1.165) is 31.2 Å². The zero-order valence-corrected chi connectivity index (χ0v) is 16.5. The first-order chi connectivity index (χ1) is 13.0. The quantitative estimate of drug-likeness (QED) is 0.831. The molecule has 0 radical (unpaired) electrons. The first-order valence-electron chi connectivity index (χ1n) is 9.80. The molecule has 1 atom stereocenters. The minimum Gasteiger partial charge on any atom is -0.497 e. The van der Waals surface area contributed by atoms with Crippen LogP contribution < -0.4 is 14.8 Å². The number of nitrogens with one attached hydrogen (secondary N) is 1. The van der Waals surface area contributed by atoms with Crippen molar-refractivity contribution in [2.45, 2.75) is 70.0 Å². The average Bonchev–Trinajstić information content (AvgIpc) is 2.98. The lowest BCUT2D eigenvalue weighted by Gasteiger charge is -2.36. The Morgan fingerprint density at radius 1 is 1.22 bits per heavy atom. The predicted octanol–water partition coefficient (Wildman–Crippen LogP) is 3.03. The molecule has 0 unspecified atom stereocenters. The van der Waals surface area contributed by atoms with Crippen LogP contribution in [0.15, 0.2) is 18.2 Å². The van der Waals surface area contributed by atoms with Crippen LogP contribution in [-0.4, -0.2) is 42.5 Å². The maximum absolute atomic E-state index is 13.1. The number of likely N-dealkylation sites (tertiary alicyclic amines) is 1. The molecule has 1 heterocycles. The molecule has 1 saturated carbocycles. The van der Waals surface area contributed by atoms with E-state index in [9.17, 15) is 9.59 Å². The van der Waals surface area contributed by atoms with Gasteiger partial charge in [-0.15, -0.1) is 0 Å². The van der Waals surface area contributed by atoms with Gasteiger partial charge < -0.3 is 19.7 Å². The van der Waals surface area contributed by atoms with Crippen molar-refractivity contribution in [1.29, 1.82) is 0 Å². The van der Waals surface area contributed by atoms with Crippen molar-refractivity contribution in [1.82, 2.24) is 10.2 Å². The second-order valence-electron chi connectivity index (χ2n) is 7.74. The maximum atomic E-state index is 13.1. The summed E-state index contributed by atoms with van der Waals surface area (Å²) >= 11 is 0. The molecule has 148 valence electrons. The van der Waals surface area contributed by atoms with Gasteiger partial charge in [-0.3, -0.25) is 9.59 Å². The molecule has 1 aliphatic heterocycles. The monoisotopic (exact) mass is 374 g/mol. The van der Waals surface area contributed by atoms with Gasteiger partial charge in [-0.05, 0) is 38.3 Å². The molecule has 1 N–H and O–H groups in total. The summed E-state index contributed by atoms with van der Waals surface area (Å²) in [4.78, 5) is 27.4. The summed E-state index contributed by atoms with van der Waals surface area (Å²) < 4.78 is 10.7. The molecule has 6 heteroatoms. The SMILES string of the molecule is COc1ccc(CN2C(=O)CC[C@@]2(C)C(=O)NC2CCCCC2)c(OC)c1. The lowest BCUT2D eigenvalue weighted by Crippen LogP contribution is -2.56. The zero-order valence-electron chi connectivity index (χ0n) is 16.5. The molecule has 6 nitrogen and oxygen atoms in total. The van der Waals surface area contributed by atoms with Gasteiger partial charge in [0.1, 0.15) is 17.0 Å². The second kappa shape index (κ2) is 8.19. The van der Waals surface area contributed by atoms with Gasteiger partial charge in [0.25, 0.3) is 0 Å². The van der Waals surface area contributed by atoms with E-state index < -0.39 is 5.54 Å². The fraction of sp³-hybridized carbons (Fsp3) is 0.619. The van der Waals surface area contributed by atoms with Crippen LogP contribution in [0.5, 0.6) is 11.5 Å². The Balaban J connectivity index is 1.78. The number of nitrogens with zero attached hydrogens (tertiary/aromatic N) is 1. The van der Waals surface area contributed by atoms with E-state index >= 15 is 0 Å². The van der Waals surface area contributed by atoms with Crippen molar-refractivity contribution in [2.75, 3.05) is 14.2 Å². The molecule has 2 aliphatic rings. The molecule has 3 rings (SSSR count). The van der Waals surface area contributed by atoms with E-state index in [1.165, 1.54) is 6.42 Å². The van der Waals surface area contributed by atoms with Crippen LogP contribution in [0.2, 0.25) is 0 Å². The molecule has 1 aromatic rings. The highest BCUT2D eigenvalue weighted by atomic mass is 16.5. The number of hydrogen-bond donors (Lipinski definition) is 1. The lowest BCUT2D eigenvalue weighted by molar-refractivity contribution is -0.141. The standard InChI is InChI=1S/C21H30N2O4/c1-21(20(25)22-16-7-5-4-6-8-16)12-11-19(24)23(21)14-15-9-10-17(26-2)13-18(15)27-3/h9-10,13,16H,4-8,11-12,14H2,1-3H3,(H,22,25)/t21-/m0/s1. The average molecular weight is 374 g/mol. The third-order valence-electron chi connectivity index (χ3n) is 5.97. The Bertz CT molecular complexity index is 699. The van der Waals surface area contributed by atoms with Crippen LogP contribution in [0.1, 0.15) is 57.4 Å². The molecule has 1 saturated heterocycles. The minimum absolute atomic E-state index is 0.00849. The molecule has 0 aromatic heterocycles. The summed E-state index contributed by atoms with van der Waals surface area (Å²) in [7, 11) is 3.20. The highest BCUT2D eigenvalue weighted by molar-refractivity contribution is 5.94. The summed E-state index contributed by atoms with van der Waals surface area (Å²) in [5.41, 5.74) is 0.0460. The van der Waals surface area contributed by atoms with Gasteiger partial charge in [0.15, 0.2) is 0 Å². The first-order valence-corrected chi connectivity index (χ1v) is 9.80. The van der Waals surface area contributed by atoms with Gasteiger partial charge in [-0.2, -0.15) is 0 Å².